The van der Waals surface area contributed by atoms with E-state index in [1.165, 1.54) is 0 Å². The summed E-state index contributed by atoms with van der Waals surface area (Å²) in [7, 11) is 3.36. The molecule has 1 aromatic carbocycles. The molecule has 0 saturated heterocycles. The smallest absolute Gasteiger partial charge is 0.145 e. The van der Waals surface area contributed by atoms with E-state index in [2.05, 4.69) is 21.0 Å². The van der Waals surface area contributed by atoms with Crippen LogP contribution in [0, 0.1) is 0 Å². The lowest BCUT2D eigenvalue weighted by Gasteiger charge is -2.10. The molecule has 0 aliphatic heterocycles. The highest BCUT2D eigenvalue weighted by Crippen LogP contribution is 2.40. The van der Waals surface area contributed by atoms with Gasteiger partial charge >= 0.3 is 0 Å². The van der Waals surface area contributed by atoms with Gasteiger partial charge in [-0.05, 0) is 12.1 Å². The Morgan fingerprint density at radius 2 is 2.12 bits per heavy atom. The van der Waals surface area contributed by atoms with Gasteiger partial charge in [-0.15, -0.1) is 0 Å². The predicted octanol–water partition coefficient (Wildman–Crippen LogP) is 3.09. The van der Waals surface area contributed by atoms with Gasteiger partial charge < -0.3 is 10.5 Å². The van der Waals surface area contributed by atoms with Crippen LogP contribution in [0.3, 0.4) is 0 Å². The van der Waals surface area contributed by atoms with E-state index in [0.29, 0.717) is 16.6 Å². The highest BCUT2D eigenvalue weighted by atomic mass is 79.9. The molecule has 1 aromatic heterocycles. The lowest BCUT2D eigenvalue weighted by molar-refractivity contribution is 0.416. The molecular formula is C11H11BrClN3O. The Labute approximate surface area is 112 Å². The highest BCUT2D eigenvalue weighted by molar-refractivity contribution is 9.10. The van der Waals surface area contributed by atoms with Crippen molar-refractivity contribution >= 4 is 33.3 Å². The Kier molecular flexibility index (Phi) is 3.31. The van der Waals surface area contributed by atoms with Gasteiger partial charge in [0.1, 0.15) is 11.6 Å². The molecule has 6 heteroatoms. The number of benzene rings is 1. The van der Waals surface area contributed by atoms with Crippen molar-refractivity contribution < 1.29 is 4.74 Å². The summed E-state index contributed by atoms with van der Waals surface area (Å²) >= 11 is 9.52. The molecule has 0 atom stereocenters. The van der Waals surface area contributed by atoms with Gasteiger partial charge in [-0.1, -0.05) is 27.5 Å². The van der Waals surface area contributed by atoms with Crippen molar-refractivity contribution in [2.24, 2.45) is 7.05 Å². The fraction of sp³-hybridized carbons (Fsp3) is 0.182. The Balaban J connectivity index is 2.70. The second-order valence-electron chi connectivity index (χ2n) is 3.54. The molecule has 0 bridgehead atoms. The molecule has 17 heavy (non-hydrogen) atoms. The highest BCUT2D eigenvalue weighted by Gasteiger charge is 2.16. The summed E-state index contributed by atoms with van der Waals surface area (Å²) in [6, 6.07) is 3.68. The predicted molar refractivity (Wildman–Crippen MR) is 72.3 cm³/mol. The van der Waals surface area contributed by atoms with Crippen LogP contribution < -0.4 is 10.5 Å². The Morgan fingerprint density at radius 3 is 2.65 bits per heavy atom. The van der Waals surface area contributed by atoms with Crippen LogP contribution in [0.5, 0.6) is 5.75 Å². The zero-order valence-electron chi connectivity index (χ0n) is 9.37. The maximum atomic E-state index is 6.12. The monoisotopic (exact) mass is 315 g/mol. The molecule has 90 valence electrons. The first-order chi connectivity index (χ1) is 8.04. The topological polar surface area (TPSA) is 53.1 Å². The number of ether oxygens (including phenoxy) is 1. The number of rotatable bonds is 2. The average Bonchev–Trinajstić information content (AvgIpc) is 2.59. The van der Waals surface area contributed by atoms with Crippen LogP contribution in [-0.4, -0.2) is 16.9 Å². The molecule has 0 aliphatic carbocycles. The van der Waals surface area contributed by atoms with Crippen LogP contribution in [0.4, 0.5) is 5.82 Å². The maximum Gasteiger partial charge on any atom is 0.145 e. The van der Waals surface area contributed by atoms with Gasteiger partial charge in [0, 0.05) is 22.6 Å². The SMILES string of the molecule is COc1c(Cl)cc(Br)cc1-c1cnn(C)c1N. The zero-order valence-corrected chi connectivity index (χ0v) is 11.7. The second kappa shape index (κ2) is 4.58. The Hall–Kier alpha value is -1.20. The van der Waals surface area contributed by atoms with Crippen LogP contribution in [0.25, 0.3) is 11.1 Å². The first-order valence-corrected chi connectivity index (χ1v) is 6.02. The van der Waals surface area contributed by atoms with E-state index >= 15 is 0 Å². The Morgan fingerprint density at radius 1 is 1.41 bits per heavy atom. The van der Waals surface area contributed by atoms with E-state index in [1.807, 2.05) is 6.07 Å². The van der Waals surface area contributed by atoms with Crippen molar-refractivity contribution in [3.63, 3.8) is 0 Å². The summed E-state index contributed by atoms with van der Waals surface area (Å²) in [6.45, 7) is 0. The van der Waals surface area contributed by atoms with Crippen molar-refractivity contribution in [3.05, 3.63) is 27.8 Å². The summed E-state index contributed by atoms with van der Waals surface area (Å²) in [5.74, 6) is 1.16. The zero-order chi connectivity index (χ0) is 12.6. The maximum absolute atomic E-state index is 6.12. The van der Waals surface area contributed by atoms with E-state index in [9.17, 15) is 0 Å². The minimum atomic E-state index is 0.528. The van der Waals surface area contributed by atoms with E-state index in [0.717, 1.165) is 15.6 Å². The van der Waals surface area contributed by atoms with E-state index in [4.69, 9.17) is 22.1 Å². The first kappa shape index (κ1) is 12.3. The number of nitrogens with two attached hydrogens (primary N) is 1. The molecule has 0 spiro atoms. The Bertz CT molecular complexity index is 568. The minimum Gasteiger partial charge on any atom is -0.495 e. The molecule has 2 aromatic rings. The molecular weight excluding hydrogens is 305 g/mol. The van der Waals surface area contributed by atoms with Crippen molar-refractivity contribution in [1.82, 2.24) is 9.78 Å². The fourth-order valence-corrected chi connectivity index (χ4v) is 2.51. The number of methoxy groups -OCH3 is 1. The standard InChI is InChI=1S/C11H11BrClN3O/c1-16-11(14)8(5-15-16)7-3-6(12)4-9(13)10(7)17-2/h3-5H,14H2,1-2H3. The van der Waals surface area contributed by atoms with Gasteiger partial charge in [0.25, 0.3) is 0 Å². The second-order valence-corrected chi connectivity index (χ2v) is 4.86. The van der Waals surface area contributed by atoms with Crippen LogP contribution >= 0.6 is 27.5 Å². The number of aromatic nitrogens is 2. The summed E-state index contributed by atoms with van der Waals surface area (Å²) < 4.78 is 7.77. The molecule has 0 radical (unpaired) electrons. The number of hydrogen-bond acceptors (Lipinski definition) is 3. The summed E-state index contributed by atoms with van der Waals surface area (Å²) in [5.41, 5.74) is 7.56. The number of aryl methyl sites for hydroxylation is 1. The number of anilines is 1. The molecule has 2 N–H and O–H groups in total. The van der Waals surface area contributed by atoms with Crippen LogP contribution in [0.2, 0.25) is 5.02 Å². The minimum absolute atomic E-state index is 0.528. The van der Waals surface area contributed by atoms with Crippen molar-refractivity contribution in [3.8, 4) is 16.9 Å². The van der Waals surface area contributed by atoms with E-state index in [1.54, 1.807) is 31.1 Å². The van der Waals surface area contributed by atoms with E-state index < -0.39 is 0 Å². The number of nitrogens with zero attached hydrogens (tertiary/aromatic N) is 2. The largest absolute Gasteiger partial charge is 0.495 e. The fourth-order valence-electron chi connectivity index (χ4n) is 1.62. The third kappa shape index (κ3) is 2.12. The van der Waals surface area contributed by atoms with Gasteiger partial charge in [0.15, 0.2) is 0 Å². The molecule has 2 rings (SSSR count). The van der Waals surface area contributed by atoms with Gasteiger partial charge in [-0.2, -0.15) is 5.10 Å². The molecule has 0 unspecified atom stereocenters. The molecule has 0 fully saturated rings. The lowest BCUT2D eigenvalue weighted by Crippen LogP contribution is -1.98. The first-order valence-electron chi connectivity index (χ1n) is 4.85. The summed E-state index contributed by atoms with van der Waals surface area (Å²) in [4.78, 5) is 0. The number of nitrogen functional groups attached to an aromatic ring is 1. The normalized spacial score (nSPS) is 10.6. The molecule has 1 heterocycles. The van der Waals surface area contributed by atoms with Crippen molar-refractivity contribution in [1.29, 1.82) is 0 Å². The molecule has 0 amide bonds. The van der Waals surface area contributed by atoms with Crippen LogP contribution in [0.15, 0.2) is 22.8 Å². The number of hydrogen-bond donors (Lipinski definition) is 1. The average molecular weight is 317 g/mol. The van der Waals surface area contributed by atoms with Crippen LogP contribution in [-0.2, 0) is 7.05 Å². The van der Waals surface area contributed by atoms with Gasteiger partial charge in [0.2, 0.25) is 0 Å². The van der Waals surface area contributed by atoms with Gasteiger partial charge in [-0.25, -0.2) is 0 Å². The summed E-state index contributed by atoms with van der Waals surface area (Å²) in [6.07, 6.45) is 1.69. The lowest BCUT2D eigenvalue weighted by atomic mass is 10.1. The molecule has 0 saturated carbocycles. The third-order valence-electron chi connectivity index (χ3n) is 2.49. The van der Waals surface area contributed by atoms with Crippen molar-refractivity contribution in [2.75, 3.05) is 12.8 Å². The quantitative estimate of drug-likeness (QED) is 0.926. The molecule has 4 nitrogen and oxygen atoms in total. The summed E-state index contributed by atoms with van der Waals surface area (Å²) in [5, 5.41) is 4.63. The van der Waals surface area contributed by atoms with Crippen molar-refractivity contribution in [2.45, 2.75) is 0 Å². The van der Waals surface area contributed by atoms with Gasteiger partial charge in [-0.3, -0.25) is 4.68 Å². The van der Waals surface area contributed by atoms with Gasteiger partial charge in [0.05, 0.1) is 18.3 Å². The number of halogens is 2. The third-order valence-corrected chi connectivity index (χ3v) is 3.23. The van der Waals surface area contributed by atoms with Crippen LogP contribution in [0.1, 0.15) is 0 Å². The van der Waals surface area contributed by atoms with E-state index in [-0.39, 0.29) is 0 Å². The molecule has 0 aliphatic rings.